The van der Waals surface area contributed by atoms with Crippen LogP contribution in [0.5, 0.6) is 0 Å². The molecular weight excluding hydrogens is 210 g/mol. The third kappa shape index (κ3) is 4.46. The Morgan fingerprint density at radius 1 is 1.47 bits per heavy atom. The topological polar surface area (TPSA) is 28.2 Å². The van der Waals surface area contributed by atoms with Crippen LogP contribution in [0.3, 0.4) is 0 Å². The summed E-state index contributed by atoms with van der Waals surface area (Å²) >= 11 is 0. The maximum Gasteiger partial charge on any atom is 0.129 e. The lowest BCUT2D eigenvalue weighted by atomic mass is 10.2. The van der Waals surface area contributed by atoms with Crippen LogP contribution in [0.1, 0.15) is 25.1 Å². The Labute approximate surface area is 104 Å². The number of hydrogen-bond donors (Lipinski definition) is 1. The summed E-state index contributed by atoms with van der Waals surface area (Å²) in [6.07, 6.45) is 5.31. The SMILES string of the molecule is C#CCN(C)c1cc(CNC(C)C)cc(C)n1. The molecule has 0 aliphatic rings. The predicted molar refractivity (Wildman–Crippen MR) is 73.1 cm³/mol. The molecule has 0 aromatic carbocycles. The maximum absolute atomic E-state index is 5.31. The van der Waals surface area contributed by atoms with Crippen LogP contribution in [0.15, 0.2) is 12.1 Å². The first-order chi connectivity index (χ1) is 8.02. The van der Waals surface area contributed by atoms with Gasteiger partial charge in [-0.15, -0.1) is 6.42 Å². The van der Waals surface area contributed by atoms with Crippen molar-refractivity contribution >= 4 is 5.82 Å². The first kappa shape index (κ1) is 13.5. The minimum absolute atomic E-state index is 0.482. The van der Waals surface area contributed by atoms with E-state index < -0.39 is 0 Å². The van der Waals surface area contributed by atoms with E-state index in [1.165, 1.54) is 5.56 Å². The lowest BCUT2D eigenvalue weighted by Gasteiger charge is -2.17. The van der Waals surface area contributed by atoms with Gasteiger partial charge < -0.3 is 10.2 Å². The van der Waals surface area contributed by atoms with Gasteiger partial charge in [0.1, 0.15) is 5.82 Å². The van der Waals surface area contributed by atoms with Gasteiger partial charge in [-0.1, -0.05) is 19.8 Å². The summed E-state index contributed by atoms with van der Waals surface area (Å²) in [4.78, 5) is 6.46. The van der Waals surface area contributed by atoms with Gasteiger partial charge in [-0.3, -0.25) is 0 Å². The molecule has 1 N–H and O–H groups in total. The van der Waals surface area contributed by atoms with Crippen LogP contribution in [0.25, 0.3) is 0 Å². The van der Waals surface area contributed by atoms with E-state index in [9.17, 15) is 0 Å². The van der Waals surface area contributed by atoms with E-state index in [-0.39, 0.29) is 0 Å². The fraction of sp³-hybridized carbons (Fsp3) is 0.500. The average Bonchev–Trinajstić information content (AvgIpc) is 2.26. The molecule has 0 amide bonds. The van der Waals surface area contributed by atoms with Gasteiger partial charge in [-0.05, 0) is 24.6 Å². The number of hydrogen-bond acceptors (Lipinski definition) is 3. The molecule has 0 bridgehead atoms. The van der Waals surface area contributed by atoms with Crippen LogP contribution in [0, 0.1) is 19.3 Å². The Bertz CT molecular complexity index is 404. The zero-order valence-electron chi connectivity index (χ0n) is 11.1. The molecule has 0 saturated heterocycles. The molecule has 0 aliphatic heterocycles. The average molecular weight is 231 g/mol. The number of aryl methyl sites for hydroxylation is 1. The van der Waals surface area contributed by atoms with Gasteiger partial charge in [-0.2, -0.15) is 0 Å². The van der Waals surface area contributed by atoms with Gasteiger partial charge in [-0.25, -0.2) is 4.98 Å². The van der Waals surface area contributed by atoms with Crippen molar-refractivity contribution in [3.8, 4) is 12.3 Å². The van der Waals surface area contributed by atoms with Crippen molar-refractivity contribution < 1.29 is 0 Å². The minimum Gasteiger partial charge on any atom is -0.349 e. The Hall–Kier alpha value is -1.53. The second-order valence-electron chi connectivity index (χ2n) is 4.57. The van der Waals surface area contributed by atoms with Gasteiger partial charge >= 0.3 is 0 Å². The lowest BCUT2D eigenvalue weighted by Crippen LogP contribution is -2.23. The molecule has 0 spiro atoms. The molecule has 0 saturated carbocycles. The molecule has 3 heteroatoms. The summed E-state index contributed by atoms with van der Waals surface area (Å²) in [5.41, 5.74) is 2.26. The summed E-state index contributed by atoms with van der Waals surface area (Å²) in [5.74, 6) is 3.56. The molecule has 1 heterocycles. The standard InChI is InChI=1S/C14H21N3/c1-6-7-17(5)14-9-13(8-12(4)16-14)10-15-11(2)3/h1,8-9,11,15H,7,10H2,2-5H3. The van der Waals surface area contributed by atoms with E-state index in [2.05, 4.69) is 42.2 Å². The van der Waals surface area contributed by atoms with Crippen molar-refractivity contribution in [2.24, 2.45) is 0 Å². The Balaban J connectivity index is 2.83. The van der Waals surface area contributed by atoms with E-state index in [0.717, 1.165) is 18.1 Å². The summed E-state index contributed by atoms with van der Waals surface area (Å²) < 4.78 is 0. The molecule has 17 heavy (non-hydrogen) atoms. The van der Waals surface area contributed by atoms with E-state index >= 15 is 0 Å². The van der Waals surface area contributed by atoms with E-state index in [0.29, 0.717) is 12.6 Å². The Morgan fingerprint density at radius 2 is 2.18 bits per heavy atom. The van der Waals surface area contributed by atoms with Crippen LogP contribution in [-0.4, -0.2) is 24.6 Å². The van der Waals surface area contributed by atoms with Crippen molar-refractivity contribution in [1.29, 1.82) is 0 Å². The summed E-state index contributed by atoms with van der Waals surface area (Å²) in [7, 11) is 1.96. The first-order valence-electron chi connectivity index (χ1n) is 5.88. The highest BCUT2D eigenvalue weighted by Gasteiger charge is 2.04. The maximum atomic E-state index is 5.31. The first-order valence-corrected chi connectivity index (χ1v) is 5.88. The van der Waals surface area contributed by atoms with Gasteiger partial charge in [0.25, 0.3) is 0 Å². The van der Waals surface area contributed by atoms with Gasteiger partial charge in [0.05, 0.1) is 6.54 Å². The highest BCUT2D eigenvalue weighted by atomic mass is 15.2. The van der Waals surface area contributed by atoms with Crippen LogP contribution >= 0.6 is 0 Å². The monoisotopic (exact) mass is 231 g/mol. The molecule has 0 atom stereocenters. The second kappa shape index (κ2) is 6.27. The van der Waals surface area contributed by atoms with Gasteiger partial charge in [0.15, 0.2) is 0 Å². The zero-order valence-corrected chi connectivity index (χ0v) is 11.1. The minimum atomic E-state index is 0.482. The van der Waals surface area contributed by atoms with Crippen molar-refractivity contribution in [3.05, 3.63) is 23.4 Å². The molecule has 92 valence electrons. The fourth-order valence-corrected chi connectivity index (χ4v) is 1.56. The van der Waals surface area contributed by atoms with E-state index in [1.807, 2.05) is 18.9 Å². The fourth-order valence-electron chi connectivity index (χ4n) is 1.56. The smallest absolute Gasteiger partial charge is 0.129 e. The molecule has 0 unspecified atom stereocenters. The predicted octanol–water partition coefficient (Wildman–Crippen LogP) is 1.96. The lowest BCUT2D eigenvalue weighted by molar-refractivity contribution is 0.588. The molecule has 3 nitrogen and oxygen atoms in total. The van der Waals surface area contributed by atoms with Gasteiger partial charge in [0, 0.05) is 25.3 Å². The third-order valence-electron chi connectivity index (χ3n) is 2.43. The molecule has 1 rings (SSSR count). The number of nitrogens with zero attached hydrogens (tertiary/aromatic N) is 2. The molecule has 0 fully saturated rings. The van der Waals surface area contributed by atoms with Gasteiger partial charge in [0.2, 0.25) is 0 Å². The number of nitrogens with one attached hydrogen (secondary N) is 1. The highest BCUT2D eigenvalue weighted by Crippen LogP contribution is 2.13. The molecular formula is C14H21N3. The van der Waals surface area contributed by atoms with Crippen LogP contribution < -0.4 is 10.2 Å². The zero-order chi connectivity index (χ0) is 12.8. The van der Waals surface area contributed by atoms with E-state index in [4.69, 9.17) is 6.42 Å². The van der Waals surface area contributed by atoms with Crippen LogP contribution in [0.4, 0.5) is 5.82 Å². The second-order valence-corrected chi connectivity index (χ2v) is 4.57. The quantitative estimate of drug-likeness (QED) is 0.785. The summed E-state index contributed by atoms with van der Waals surface area (Å²) in [6.45, 7) is 7.72. The van der Waals surface area contributed by atoms with Crippen molar-refractivity contribution in [1.82, 2.24) is 10.3 Å². The number of rotatable bonds is 5. The number of terminal acetylenes is 1. The number of pyridine rings is 1. The normalized spacial score (nSPS) is 10.4. The Kier molecular flexibility index (Phi) is 4.99. The molecule has 1 aromatic rings. The van der Waals surface area contributed by atoms with Crippen molar-refractivity contribution in [2.75, 3.05) is 18.5 Å². The van der Waals surface area contributed by atoms with E-state index in [1.54, 1.807) is 0 Å². The number of anilines is 1. The summed E-state index contributed by atoms with van der Waals surface area (Å²) in [5, 5.41) is 3.40. The third-order valence-corrected chi connectivity index (χ3v) is 2.43. The molecule has 0 radical (unpaired) electrons. The molecule has 0 aliphatic carbocycles. The van der Waals surface area contributed by atoms with Crippen LogP contribution in [0.2, 0.25) is 0 Å². The largest absolute Gasteiger partial charge is 0.349 e. The number of aromatic nitrogens is 1. The van der Waals surface area contributed by atoms with Crippen LogP contribution in [-0.2, 0) is 6.54 Å². The highest BCUT2D eigenvalue weighted by molar-refractivity contribution is 5.43. The molecule has 1 aromatic heterocycles. The van der Waals surface area contributed by atoms with Crippen molar-refractivity contribution in [2.45, 2.75) is 33.4 Å². The summed E-state index contributed by atoms with van der Waals surface area (Å²) in [6, 6.07) is 4.66. The Morgan fingerprint density at radius 3 is 2.76 bits per heavy atom. The van der Waals surface area contributed by atoms with Crippen molar-refractivity contribution in [3.63, 3.8) is 0 Å².